The van der Waals surface area contributed by atoms with Gasteiger partial charge in [0.05, 0.1) is 29.1 Å². The van der Waals surface area contributed by atoms with Gasteiger partial charge in [-0.2, -0.15) is 0 Å². The van der Waals surface area contributed by atoms with E-state index in [0.29, 0.717) is 11.4 Å². The molecule has 1 aliphatic rings. The van der Waals surface area contributed by atoms with Crippen molar-refractivity contribution in [3.05, 3.63) is 77.8 Å². The number of amides is 2. The first kappa shape index (κ1) is 22.6. The van der Waals surface area contributed by atoms with Crippen LogP contribution in [0.3, 0.4) is 0 Å². The zero-order valence-corrected chi connectivity index (χ0v) is 19.1. The molecular formula is C23H20ClN3O5S. The van der Waals surface area contributed by atoms with Crippen LogP contribution in [0.1, 0.15) is 0 Å². The van der Waals surface area contributed by atoms with Crippen LogP contribution in [0.2, 0.25) is 5.02 Å². The molecule has 0 spiro atoms. The molecule has 170 valence electrons. The first-order chi connectivity index (χ1) is 15.8. The van der Waals surface area contributed by atoms with E-state index in [2.05, 4.69) is 5.32 Å². The summed E-state index contributed by atoms with van der Waals surface area (Å²) in [6.45, 7) is -0.788. The fourth-order valence-corrected chi connectivity index (χ4v) is 5.28. The van der Waals surface area contributed by atoms with Gasteiger partial charge in [0.2, 0.25) is 11.8 Å². The lowest BCUT2D eigenvalue weighted by Crippen LogP contribution is -2.48. The Morgan fingerprint density at radius 3 is 2.58 bits per heavy atom. The number of anilines is 3. The van der Waals surface area contributed by atoms with Crippen LogP contribution >= 0.6 is 11.6 Å². The number of ether oxygens (including phenoxy) is 1. The van der Waals surface area contributed by atoms with E-state index in [9.17, 15) is 18.0 Å². The van der Waals surface area contributed by atoms with E-state index in [4.69, 9.17) is 16.3 Å². The maximum Gasteiger partial charge on any atom is 0.264 e. The SMILES string of the molecule is COc1ccccc1N(CC(=O)N1CC(=O)Nc2ccccc21)S(=O)(=O)c1cccc(Cl)c1. The van der Waals surface area contributed by atoms with Gasteiger partial charge in [-0.3, -0.25) is 18.8 Å². The number of methoxy groups -OCH3 is 1. The van der Waals surface area contributed by atoms with Crippen LogP contribution < -0.4 is 19.3 Å². The smallest absolute Gasteiger partial charge is 0.264 e. The highest BCUT2D eigenvalue weighted by Crippen LogP contribution is 2.34. The van der Waals surface area contributed by atoms with Crippen LogP contribution in [0.4, 0.5) is 17.1 Å². The molecule has 10 heteroatoms. The van der Waals surface area contributed by atoms with Crippen LogP contribution in [-0.2, 0) is 19.6 Å². The van der Waals surface area contributed by atoms with E-state index in [1.54, 1.807) is 54.6 Å². The molecule has 1 heterocycles. The second kappa shape index (κ2) is 9.13. The molecule has 0 saturated carbocycles. The van der Waals surface area contributed by atoms with Crippen molar-refractivity contribution in [2.45, 2.75) is 4.90 Å². The fraction of sp³-hybridized carbons (Fsp3) is 0.130. The van der Waals surface area contributed by atoms with Crippen LogP contribution in [0.25, 0.3) is 0 Å². The normalized spacial score (nSPS) is 13.2. The molecule has 0 atom stereocenters. The van der Waals surface area contributed by atoms with Gasteiger partial charge in [0.25, 0.3) is 10.0 Å². The van der Waals surface area contributed by atoms with Crippen LogP contribution in [-0.4, -0.2) is 40.4 Å². The minimum atomic E-state index is -4.21. The number of carbonyl (C=O) groups is 2. The van der Waals surface area contributed by atoms with Gasteiger partial charge in [-0.05, 0) is 42.5 Å². The molecule has 1 N–H and O–H groups in total. The molecule has 33 heavy (non-hydrogen) atoms. The summed E-state index contributed by atoms with van der Waals surface area (Å²) in [6.07, 6.45) is 0. The number of fused-ring (bicyclic) bond motifs is 1. The minimum absolute atomic E-state index is 0.0782. The molecule has 3 aromatic carbocycles. The van der Waals surface area contributed by atoms with Crippen LogP contribution in [0.15, 0.2) is 77.7 Å². The molecule has 8 nitrogen and oxygen atoms in total. The lowest BCUT2D eigenvalue weighted by molar-refractivity contribution is -0.121. The van der Waals surface area contributed by atoms with Gasteiger partial charge in [-0.15, -0.1) is 0 Å². The van der Waals surface area contributed by atoms with Crippen molar-refractivity contribution < 1.29 is 22.7 Å². The third-order valence-electron chi connectivity index (χ3n) is 5.09. The fourth-order valence-electron chi connectivity index (χ4n) is 3.55. The highest BCUT2D eigenvalue weighted by atomic mass is 35.5. The second-order valence-corrected chi connectivity index (χ2v) is 9.48. The number of hydrogen-bond donors (Lipinski definition) is 1. The summed E-state index contributed by atoms with van der Waals surface area (Å²) in [5, 5.41) is 2.95. The summed E-state index contributed by atoms with van der Waals surface area (Å²) in [6, 6.07) is 19.1. The number of hydrogen-bond acceptors (Lipinski definition) is 5. The molecule has 1 aliphatic heterocycles. The standard InChI is InChI=1S/C23H20ClN3O5S/c1-32-21-12-5-4-11-20(21)27(33(30,31)17-8-6-7-16(24)13-17)15-23(29)26-14-22(28)25-18-9-2-3-10-19(18)26/h2-13H,14-15H2,1H3,(H,25,28). The highest BCUT2D eigenvalue weighted by molar-refractivity contribution is 7.92. The number of carbonyl (C=O) groups excluding carboxylic acids is 2. The van der Waals surface area contributed by atoms with E-state index in [-0.39, 0.29) is 33.8 Å². The maximum absolute atomic E-state index is 13.6. The minimum Gasteiger partial charge on any atom is -0.495 e. The third-order valence-corrected chi connectivity index (χ3v) is 7.08. The molecular weight excluding hydrogens is 466 g/mol. The Balaban J connectivity index is 1.78. The molecule has 0 radical (unpaired) electrons. The molecule has 0 bridgehead atoms. The molecule has 0 saturated heterocycles. The van der Waals surface area contributed by atoms with Crippen molar-refractivity contribution in [3.63, 3.8) is 0 Å². The van der Waals surface area contributed by atoms with Crippen LogP contribution in [0.5, 0.6) is 5.75 Å². The van der Waals surface area contributed by atoms with Crippen molar-refractivity contribution in [2.75, 3.05) is 34.7 Å². The van der Waals surface area contributed by atoms with Gasteiger partial charge in [0.1, 0.15) is 18.8 Å². The quantitative estimate of drug-likeness (QED) is 0.576. The number of halogens is 1. The molecule has 0 fully saturated rings. The van der Waals surface area contributed by atoms with E-state index in [1.807, 2.05) is 0 Å². The summed E-state index contributed by atoms with van der Waals surface area (Å²) in [7, 11) is -2.80. The molecule has 3 aromatic rings. The predicted molar refractivity (Wildman–Crippen MR) is 126 cm³/mol. The van der Waals surface area contributed by atoms with E-state index in [1.165, 1.54) is 30.2 Å². The van der Waals surface area contributed by atoms with Gasteiger partial charge in [-0.25, -0.2) is 8.42 Å². The van der Waals surface area contributed by atoms with Crippen molar-refractivity contribution in [2.24, 2.45) is 0 Å². The second-order valence-electron chi connectivity index (χ2n) is 7.19. The lowest BCUT2D eigenvalue weighted by Gasteiger charge is -2.32. The number of benzene rings is 3. The van der Waals surface area contributed by atoms with Crippen LogP contribution in [0, 0.1) is 0 Å². The lowest BCUT2D eigenvalue weighted by atomic mass is 10.2. The molecule has 0 unspecified atom stereocenters. The number of nitrogens with zero attached hydrogens (tertiary/aromatic N) is 2. The number of para-hydroxylation sites is 4. The van der Waals surface area contributed by atoms with E-state index >= 15 is 0 Å². The van der Waals surface area contributed by atoms with Gasteiger partial charge in [-0.1, -0.05) is 41.9 Å². The first-order valence-electron chi connectivity index (χ1n) is 9.92. The zero-order chi connectivity index (χ0) is 23.6. The average molecular weight is 486 g/mol. The van der Waals surface area contributed by atoms with Crippen molar-refractivity contribution >= 4 is 50.5 Å². The predicted octanol–water partition coefficient (Wildman–Crippen LogP) is 3.53. The first-order valence-corrected chi connectivity index (χ1v) is 11.7. The Morgan fingerprint density at radius 2 is 1.82 bits per heavy atom. The van der Waals surface area contributed by atoms with Crippen molar-refractivity contribution in [1.82, 2.24) is 0 Å². The monoisotopic (exact) mass is 485 g/mol. The number of sulfonamides is 1. The molecule has 4 rings (SSSR count). The molecule has 0 aromatic heterocycles. The highest BCUT2D eigenvalue weighted by Gasteiger charge is 2.33. The molecule has 0 aliphatic carbocycles. The van der Waals surface area contributed by atoms with E-state index < -0.39 is 22.5 Å². The average Bonchev–Trinajstić information content (AvgIpc) is 2.81. The number of rotatable bonds is 6. The Bertz CT molecular complexity index is 1330. The molecule has 2 amide bonds. The number of nitrogens with one attached hydrogen (secondary N) is 1. The topological polar surface area (TPSA) is 96.0 Å². The van der Waals surface area contributed by atoms with Gasteiger partial charge in [0, 0.05) is 5.02 Å². The van der Waals surface area contributed by atoms with Gasteiger partial charge < -0.3 is 10.1 Å². The largest absolute Gasteiger partial charge is 0.495 e. The van der Waals surface area contributed by atoms with Gasteiger partial charge >= 0.3 is 0 Å². The Hall–Kier alpha value is -3.56. The summed E-state index contributed by atoms with van der Waals surface area (Å²) in [4.78, 5) is 26.8. The summed E-state index contributed by atoms with van der Waals surface area (Å²) in [5.74, 6) is -0.676. The maximum atomic E-state index is 13.6. The Kier molecular flexibility index (Phi) is 6.26. The summed E-state index contributed by atoms with van der Waals surface area (Å²) >= 11 is 6.03. The summed E-state index contributed by atoms with van der Waals surface area (Å²) in [5.41, 5.74) is 1.15. The van der Waals surface area contributed by atoms with Crippen molar-refractivity contribution in [1.29, 1.82) is 0 Å². The Labute approximate surface area is 196 Å². The Morgan fingerprint density at radius 1 is 1.09 bits per heavy atom. The van der Waals surface area contributed by atoms with E-state index in [0.717, 1.165) is 4.31 Å². The zero-order valence-electron chi connectivity index (χ0n) is 17.6. The third kappa shape index (κ3) is 4.50. The van der Waals surface area contributed by atoms with Gasteiger partial charge in [0.15, 0.2) is 0 Å². The summed E-state index contributed by atoms with van der Waals surface area (Å²) < 4.78 is 33.6. The van der Waals surface area contributed by atoms with Crippen molar-refractivity contribution in [3.8, 4) is 5.75 Å².